The number of thioether (sulfide) groups is 1. The van der Waals surface area contributed by atoms with Gasteiger partial charge in [0.2, 0.25) is 11.8 Å². The molecule has 2 amide bonds. The number of Topliss-reactive ketones (excluding diaryl/α,β-unsaturated/α-hetero) is 1. The third kappa shape index (κ3) is 4.10. The molecule has 2 unspecified atom stereocenters. The fourth-order valence-corrected chi connectivity index (χ4v) is 4.02. The number of benzene rings is 1. The normalized spacial score (nSPS) is 25.2. The second-order valence-corrected chi connectivity index (χ2v) is 7.74. The van der Waals surface area contributed by atoms with Gasteiger partial charge in [-0.2, -0.15) is 0 Å². The third-order valence-electron chi connectivity index (χ3n) is 4.78. The van der Waals surface area contributed by atoms with E-state index in [0.717, 1.165) is 10.5 Å². The number of imide groups is 1. The van der Waals surface area contributed by atoms with Crippen LogP contribution in [-0.2, 0) is 14.4 Å². The second-order valence-electron chi connectivity index (χ2n) is 6.69. The molecule has 0 spiro atoms. The maximum Gasteiger partial charge on any atom is 0.236 e. The van der Waals surface area contributed by atoms with Crippen LogP contribution in [0.15, 0.2) is 59.0 Å². The topological polar surface area (TPSA) is 63.2 Å². The number of carbonyl (C=O) groups is 3. The SMILES string of the molecule is CC12C=C(CCC(=O)CSc3ccccc3)C=CC1CC(=O)NC2=O. The zero-order valence-corrected chi connectivity index (χ0v) is 15.0. The van der Waals surface area contributed by atoms with E-state index >= 15 is 0 Å². The van der Waals surface area contributed by atoms with Crippen LogP contribution in [0.5, 0.6) is 0 Å². The lowest BCUT2D eigenvalue weighted by Crippen LogP contribution is -2.51. The van der Waals surface area contributed by atoms with Gasteiger partial charge < -0.3 is 0 Å². The van der Waals surface area contributed by atoms with E-state index in [1.54, 1.807) is 11.8 Å². The standard InChI is InChI=1S/C20H21NO3S/c1-20-12-14(7-9-15(20)11-18(23)21-19(20)24)8-10-16(22)13-25-17-5-3-2-4-6-17/h2-7,9,12,15H,8,10-11,13H2,1H3,(H,21,23,24). The molecule has 1 aromatic carbocycles. The summed E-state index contributed by atoms with van der Waals surface area (Å²) >= 11 is 1.54. The molecule has 0 radical (unpaired) electrons. The predicted octanol–water partition coefficient (Wildman–Crippen LogP) is 3.29. The highest BCUT2D eigenvalue weighted by Gasteiger charge is 2.45. The van der Waals surface area contributed by atoms with Crippen LogP contribution in [0, 0.1) is 11.3 Å². The Morgan fingerprint density at radius 3 is 2.80 bits per heavy atom. The molecule has 25 heavy (non-hydrogen) atoms. The average molecular weight is 355 g/mol. The lowest BCUT2D eigenvalue weighted by atomic mass is 9.68. The number of amides is 2. The van der Waals surface area contributed by atoms with Crippen LogP contribution in [0.25, 0.3) is 0 Å². The number of allylic oxidation sites excluding steroid dienone is 3. The first kappa shape index (κ1) is 17.7. The molecule has 4 nitrogen and oxygen atoms in total. The highest BCUT2D eigenvalue weighted by atomic mass is 32.2. The van der Waals surface area contributed by atoms with Crippen molar-refractivity contribution in [2.75, 3.05) is 5.75 Å². The second kappa shape index (κ2) is 7.40. The summed E-state index contributed by atoms with van der Waals surface area (Å²) in [5.74, 6) is 0.0831. The van der Waals surface area contributed by atoms with Crippen LogP contribution in [0.4, 0.5) is 0 Å². The molecule has 1 saturated heterocycles. The van der Waals surface area contributed by atoms with Crippen LogP contribution in [0.3, 0.4) is 0 Å². The first-order valence-corrected chi connectivity index (χ1v) is 9.40. The lowest BCUT2D eigenvalue weighted by molar-refractivity contribution is -0.141. The van der Waals surface area contributed by atoms with E-state index in [9.17, 15) is 14.4 Å². The molecular formula is C20H21NO3S. The molecule has 130 valence electrons. The van der Waals surface area contributed by atoms with Crippen molar-refractivity contribution in [2.45, 2.75) is 31.1 Å². The Bertz CT molecular complexity index is 753. The fourth-order valence-electron chi connectivity index (χ4n) is 3.20. The molecule has 0 aromatic heterocycles. The molecule has 2 atom stereocenters. The molecule has 0 bridgehead atoms. The van der Waals surface area contributed by atoms with Gasteiger partial charge >= 0.3 is 0 Å². The molecule has 3 rings (SSSR count). The summed E-state index contributed by atoms with van der Waals surface area (Å²) in [6.45, 7) is 1.86. The first-order valence-electron chi connectivity index (χ1n) is 8.41. The summed E-state index contributed by atoms with van der Waals surface area (Å²) in [7, 11) is 0. The molecule has 1 aliphatic carbocycles. The largest absolute Gasteiger partial charge is 0.299 e. The summed E-state index contributed by atoms with van der Waals surface area (Å²) in [4.78, 5) is 37.0. The Labute approximate surface area is 151 Å². The van der Waals surface area contributed by atoms with Crippen molar-refractivity contribution in [1.82, 2.24) is 5.32 Å². The highest BCUT2D eigenvalue weighted by Crippen LogP contribution is 2.40. The van der Waals surface area contributed by atoms with E-state index < -0.39 is 5.41 Å². The van der Waals surface area contributed by atoms with Gasteiger partial charge in [0, 0.05) is 23.7 Å². The molecule has 1 heterocycles. The number of carbonyl (C=O) groups excluding carboxylic acids is 3. The zero-order chi connectivity index (χ0) is 17.9. The van der Waals surface area contributed by atoms with E-state index in [0.29, 0.717) is 25.0 Å². The molecule has 1 aromatic rings. The maximum atomic E-state index is 12.2. The van der Waals surface area contributed by atoms with Crippen molar-refractivity contribution < 1.29 is 14.4 Å². The quantitative estimate of drug-likeness (QED) is 0.628. The van der Waals surface area contributed by atoms with Crippen molar-refractivity contribution >= 4 is 29.4 Å². The number of hydrogen-bond acceptors (Lipinski definition) is 4. The number of fused-ring (bicyclic) bond motifs is 1. The van der Waals surface area contributed by atoms with Crippen molar-refractivity contribution in [3.8, 4) is 0 Å². The van der Waals surface area contributed by atoms with E-state index in [1.165, 1.54) is 0 Å². The summed E-state index contributed by atoms with van der Waals surface area (Å²) < 4.78 is 0. The molecule has 2 aliphatic rings. The van der Waals surface area contributed by atoms with E-state index in [2.05, 4.69) is 5.32 Å². The minimum absolute atomic E-state index is 0.0955. The van der Waals surface area contributed by atoms with Gasteiger partial charge in [-0.3, -0.25) is 19.7 Å². The van der Waals surface area contributed by atoms with Gasteiger partial charge in [0.05, 0.1) is 11.2 Å². The zero-order valence-electron chi connectivity index (χ0n) is 14.2. The van der Waals surface area contributed by atoms with Gasteiger partial charge in [0.25, 0.3) is 0 Å². The molecule has 1 N–H and O–H groups in total. The Balaban J connectivity index is 1.55. The number of rotatable bonds is 6. The number of ketones is 1. The van der Waals surface area contributed by atoms with E-state index in [4.69, 9.17) is 0 Å². The molecule has 5 heteroatoms. The van der Waals surface area contributed by atoms with Crippen LogP contribution in [0.2, 0.25) is 0 Å². The van der Waals surface area contributed by atoms with Crippen molar-refractivity contribution in [2.24, 2.45) is 11.3 Å². The van der Waals surface area contributed by atoms with Gasteiger partial charge in [-0.1, -0.05) is 42.0 Å². The number of nitrogens with one attached hydrogen (secondary N) is 1. The van der Waals surface area contributed by atoms with Gasteiger partial charge in [0.15, 0.2) is 0 Å². The highest BCUT2D eigenvalue weighted by molar-refractivity contribution is 8.00. The minimum atomic E-state index is -0.695. The fraction of sp³-hybridized carbons (Fsp3) is 0.350. The summed E-state index contributed by atoms with van der Waals surface area (Å²) in [5, 5.41) is 2.42. The predicted molar refractivity (Wildman–Crippen MR) is 98.0 cm³/mol. The third-order valence-corrected chi connectivity index (χ3v) is 5.85. The van der Waals surface area contributed by atoms with Gasteiger partial charge in [0.1, 0.15) is 5.78 Å². The Kier molecular flexibility index (Phi) is 5.23. The summed E-state index contributed by atoms with van der Waals surface area (Å²) in [5.41, 5.74) is 0.293. The number of piperidine rings is 1. The van der Waals surface area contributed by atoms with Crippen LogP contribution < -0.4 is 5.32 Å². The monoisotopic (exact) mass is 355 g/mol. The molecule has 1 aliphatic heterocycles. The van der Waals surface area contributed by atoms with Crippen molar-refractivity contribution in [3.63, 3.8) is 0 Å². The van der Waals surface area contributed by atoms with Gasteiger partial charge in [-0.25, -0.2) is 0 Å². The van der Waals surface area contributed by atoms with Crippen LogP contribution in [0.1, 0.15) is 26.2 Å². The van der Waals surface area contributed by atoms with Gasteiger partial charge in [-0.15, -0.1) is 11.8 Å². The van der Waals surface area contributed by atoms with Crippen LogP contribution >= 0.6 is 11.8 Å². The van der Waals surface area contributed by atoms with Crippen molar-refractivity contribution in [1.29, 1.82) is 0 Å². The maximum absolute atomic E-state index is 12.2. The average Bonchev–Trinajstić information content (AvgIpc) is 2.60. The molecule has 1 fully saturated rings. The molecule has 0 saturated carbocycles. The summed E-state index contributed by atoms with van der Waals surface area (Å²) in [6, 6.07) is 9.86. The minimum Gasteiger partial charge on any atom is -0.299 e. The molecular weight excluding hydrogens is 334 g/mol. The smallest absolute Gasteiger partial charge is 0.236 e. The Hall–Kier alpha value is -2.14. The number of hydrogen-bond donors (Lipinski definition) is 1. The Morgan fingerprint density at radius 1 is 1.28 bits per heavy atom. The van der Waals surface area contributed by atoms with Crippen molar-refractivity contribution in [3.05, 3.63) is 54.1 Å². The van der Waals surface area contributed by atoms with Gasteiger partial charge in [-0.05, 0) is 25.5 Å². The van der Waals surface area contributed by atoms with E-state index in [1.807, 2.05) is 55.5 Å². The van der Waals surface area contributed by atoms with Crippen LogP contribution in [-0.4, -0.2) is 23.4 Å². The summed E-state index contributed by atoms with van der Waals surface area (Å²) in [6.07, 6.45) is 7.23. The lowest BCUT2D eigenvalue weighted by Gasteiger charge is -2.38. The first-order chi connectivity index (χ1) is 12.0. The van der Waals surface area contributed by atoms with E-state index in [-0.39, 0.29) is 23.5 Å². The Morgan fingerprint density at radius 2 is 2.04 bits per heavy atom.